The standard InChI is InChI=1S/C15H23N3O2S/c1-11-9-12(2)17-15(14(11)10-16-13-3-4-13)18-5-7-21(19,20)8-6-18/h9,13,16H,3-8,10H2,1-2H3. The van der Waals surface area contributed by atoms with E-state index in [1.165, 1.54) is 24.0 Å². The third-order valence-electron chi connectivity index (χ3n) is 4.24. The summed E-state index contributed by atoms with van der Waals surface area (Å²) in [6.07, 6.45) is 2.52. The lowest BCUT2D eigenvalue weighted by Crippen LogP contribution is -2.41. The third-order valence-corrected chi connectivity index (χ3v) is 5.85. The van der Waals surface area contributed by atoms with Gasteiger partial charge < -0.3 is 10.2 Å². The molecule has 0 spiro atoms. The minimum Gasteiger partial charge on any atom is -0.354 e. The van der Waals surface area contributed by atoms with Crippen molar-refractivity contribution in [3.8, 4) is 0 Å². The number of nitrogens with zero attached hydrogens (tertiary/aromatic N) is 2. The maximum Gasteiger partial charge on any atom is 0.153 e. The fraction of sp³-hybridized carbons (Fsp3) is 0.667. The summed E-state index contributed by atoms with van der Waals surface area (Å²) >= 11 is 0. The van der Waals surface area contributed by atoms with Crippen LogP contribution in [0.4, 0.5) is 5.82 Å². The molecule has 1 saturated heterocycles. The molecule has 0 unspecified atom stereocenters. The number of nitrogens with one attached hydrogen (secondary N) is 1. The molecule has 0 radical (unpaired) electrons. The molecule has 6 heteroatoms. The summed E-state index contributed by atoms with van der Waals surface area (Å²) in [5, 5.41) is 3.54. The average Bonchev–Trinajstić information content (AvgIpc) is 3.21. The highest BCUT2D eigenvalue weighted by Gasteiger charge is 2.26. The first-order chi connectivity index (χ1) is 9.94. The maximum absolute atomic E-state index is 11.6. The van der Waals surface area contributed by atoms with E-state index in [2.05, 4.69) is 23.2 Å². The van der Waals surface area contributed by atoms with Gasteiger partial charge in [-0.15, -0.1) is 0 Å². The maximum atomic E-state index is 11.6. The molecule has 2 fully saturated rings. The number of sulfone groups is 1. The minimum absolute atomic E-state index is 0.233. The summed E-state index contributed by atoms with van der Waals surface area (Å²) in [6, 6.07) is 2.76. The van der Waals surface area contributed by atoms with Crippen LogP contribution in [0.1, 0.15) is 29.7 Å². The average molecular weight is 309 g/mol. The van der Waals surface area contributed by atoms with E-state index in [0.717, 1.165) is 18.1 Å². The van der Waals surface area contributed by atoms with E-state index in [0.29, 0.717) is 19.1 Å². The lowest BCUT2D eigenvalue weighted by molar-refractivity contribution is 0.585. The number of anilines is 1. The molecule has 3 rings (SSSR count). The monoisotopic (exact) mass is 309 g/mol. The van der Waals surface area contributed by atoms with Crippen molar-refractivity contribution in [2.24, 2.45) is 0 Å². The van der Waals surface area contributed by atoms with Gasteiger partial charge in [-0.05, 0) is 38.3 Å². The van der Waals surface area contributed by atoms with Crippen molar-refractivity contribution in [2.75, 3.05) is 29.5 Å². The predicted molar refractivity (Wildman–Crippen MR) is 84.4 cm³/mol. The fourth-order valence-corrected chi connectivity index (χ4v) is 3.98. The van der Waals surface area contributed by atoms with Gasteiger partial charge in [-0.2, -0.15) is 0 Å². The van der Waals surface area contributed by atoms with Crippen molar-refractivity contribution in [2.45, 2.75) is 39.3 Å². The van der Waals surface area contributed by atoms with Crippen molar-refractivity contribution < 1.29 is 8.42 Å². The first-order valence-corrected chi connectivity index (χ1v) is 9.42. The predicted octanol–water partition coefficient (Wildman–Crippen LogP) is 1.19. The molecule has 0 amide bonds. The van der Waals surface area contributed by atoms with Gasteiger partial charge in [0.1, 0.15) is 5.82 Å². The van der Waals surface area contributed by atoms with Gasteiger partial charge in [0.05, 0.1) is 11.5 Å². The molecule has 1 aliphatic carbocycles. The van der Waals surface area contributed by atoms with Gasteiger partial charge in [-0.3, -0.25) is 0 Å². The normalized spacial score (nSPS) is 21.5. The second-order valence-corrected chi connectivity index (χ2v) is 8.48. The Morgan fingerprint density at radius 1 is 1.29 bits per heavy atom. The van der Waals surface area contributed by atoms with E-state index >= 15 is 0 Å². The van der Waals surface area contributed by atoms with Crippen LogP contribution in [0, 0.1) is 13.8 Å². The Balaban J connectivity index is 1.84. The van der Waals surface area contributed by atoms with Crippen molar-refractivity contribution in [3.63, 3.8) is 0 Å². The van der Waals surface area contributed by atoms with Gasteiger partial charge in [0, 0.05) is 36.9 Å². The second-order valence-electron chi connectivity index (χ2n) is 6.18. The van der Waals surface area contributed by atoms with Gasteiger partial charge in [0.25, 0.3) is 0 Å². The summed E-state index contributed by atoms with van der Waals surface area (Å²) in [7, 11) is -2.86. The molecule has 0 atom stereocenters. The molecule has 5 nitrogen and oxygen atoms in total. The van der Waals surface area contributed by atoms with Crippen LogP contribution >= 0.6 is 0 Å². The molecule has 1 aromatic heterocycles. The number of hydrogen-bond donors (Lipinski definition) is 1. The van der Waals surface area contributed by atoms with Crippen LogP contribution in [0.15, 0.2) is 6.07 Å². The molecule has 1 aliphatic heterocycles. The highest BCUT2D eigenvalue weighted by Crippen LogP contribution is 2.26. The Hall–Kier alpha value is -1.14. The molecule has 1 N–H and O–H groups in total. The topological polar surface area (TPSA) is 62.3 Å². The van der Waals surface area contributed by atoms with E-state index in [4.69, 9.17) is 4.98 Å². The number of hydrogen-bond acceptors (Lipinski definition) is 5. The van der Waals surface area contributed by atoms with Crippen LogP contribution in [0.25, 0.3) is 0 Å². The van der Waals surface area contributed by atoms with Crippen molar-refractivity contribution in [3.05, 3.63) is 22.9 Å². The zero-order valence-corrected chi connectivity index (χ0v) is 13.5. The molecule has 1 saturated carbocycles. The van der Waals surface area contributed by atoms with Crippen molar-refractivity contribution in [1.29, 1.82) is 0 Å². The molecular weight excluding hydrogens is 286 g/mol. The van der Waals surface area contributed by atoms with Gasteiger partial charge >= 0.3 is 0 Å². The number of aryl methyl sites for hydroxylation is 2. The van der Waals surface area contributed by atoms with Crippen molar-refractivity contribution in [1.82, 2.24) is 10.3 Å². The summed E-state index contributed by atoms with van der Waals surface area (Å²) in [5.41, 5.74) is 3.44. The summed E-state index contributed by atoms with van der Waals surface area (Å²) in [5.74, 6) is 1.43. The Bertz CT molecular complexity index is 625. The van der Waals surface area contributed by atoms with Crippen LogP contribution in [-0.4, -0.2) is 44.0 Å². The van der Waals surface area contributed by atoms with Crippen LogP contribution in [0.5, 0.6) is 0 Å². The van der Waals surface area contributed by atoms with E-state index in [9.17, 15) is 8.42 Å². The number of aromatic nitrogens is 1. The van der Waals surface area contributed by atoms with Gasteiger partial charge in [0.2, 0.25) is 0 Å². The largest absolute Gasteiger partial charge is 0.354 e. The Labute approximate surface area is 126 Å². The Morgan fingerprint density at radius 3 is 2.57 bits per heavy atom. The Kier molecular flexibility index (Phi) is 3.92. The van der Waals surface area contributed by atoms with Gasteiger partial charge in [-0.1, -0.05) is 0 Å². The summed E-state index contributed by atoms with van der Waals surface area (Å²) < 4.78 is 23.2. The van der Waals surface area contributed by atoms with Gasteiger partial charge in [0.15, 0.2) is 9.84 Å². The van der Waals surface area contributed by atoms with E-state index in [-0.39, 0.29) is 11.5 Å². The quantitative estimate of drug-likeness (QED) is 0.905. The third kappa shape index (κ3) is 3.55. The molecule has 2 aliphatic rings. The molecule has 0 aromatic carbocycles. The minimum atomic E-state index is -2.86. The van der Waals surface area contributed by atoms with Gasteiger partial charge in [-0.25, -0.2) is 13.4 Å². The fourth-order valence-electron chi connectivity index (χ4n) is 2.78. The smallest absolute Gasteiger partial charge is 0.153 e. The van der Waals surface area contributed by atoms with Crippen LogP contribution in [0.3, 0.4) is 0 Å². The van der Waals surface area contributed by atoms with Crippen LogP contribution in [0.2, 0.25) is 0 Å². The lowest BCUT2D eigenvalue weighted by Gasteiger charge is -2.30. The summed E-state index contributed by atoms with van der Waals surface area (Å²) in [4.78, 5) is 6.82. The SMILES string of the molecule is Cc1cc(C)c(CNC2CC2)c(N2CCS(=O)(=O)CC2)n1. The Morgan fingerprint density at radius 2 is 1.95 bits per heavy atom. The van der Waals surface area contributed by atoms with Crippen molar-refractivity contribution >= 4 is 15.7 Å². The highest BCUT2D eigenvalue weighted by atomic mass is 32.2. The number of rotatable bonds is 4. The van der Waals surface area contributed by atoms with Crippen LogP contribution in [-0.2, 0) is 16.4 Å². The van der Waals surface area contributed by atoms with E-state index in [1.807, 2.05) is 6.92 Å². The molecule has 116 valence electrons. The lowest BCUT2D eigenvalue weighted by atomic mass is 10.1. The molecule has 2 heterocycles. The molecule has 0 bridgehead atoms. The zero-order chi connectivity index (χ0) is 15.0. The second kappa shape index (κ2) is 5.57. The molecule has 1 aromatic rings. The van der Waals surface area contributed by atoms with E-state index < -0.39 is 9.84 Å². The van der Waals surface area contributed by atoms with E-state index in [1.54, 1.807) is 0 Å². The number of pyridine rings is 1. The molecule has 21 heavy (non-hydrogen) atoms. The molecular formula is C15H23N3O2S. The summed E-state index contributed by atoms with van der Waals surface area (Å²) in [6.45, 7) is 6.03. The highest BCUT2D eigenvalue weighted by molar-refractivity contribution is 7.91. The van der Waals surface area contributed by atoms with Crippen LogP contribution < -0.4 is 10.2 Å². The first kappa shape index (κ1) is 14.8. The zero-order valence-electron chi connectivity index (χ0n) is 12.7. The first-order valence-electron chi connectivity index (χ1n) is 7.60.